The molecule has 0 bridgehead atoms. The third kappa shape index (κ3) is 10.6. The van der Waals surface area contributed by atoms with E-state index < -0.39 is 17.6 Å². The van der Waals surface area contributed by atoms with Gasteiger partial charge in [0.1, 0.15) is 11.4 Å². The van der Waals surface area contributed by atoms with Crippen molar-refractivity contribution >= 4 is 18.0 Å². The van der Waals surface area contributed by atoms with Crippen molar-refractivity contribution in [1.29, 1.82) is 0 Å². The lowest BCUT2D eigenvalue weighted by Crippen LogP contribution is -2.42. The number of alkyl carbamates (subject to hydrolysis) is 1. The molecule has 0 spiro atoms. The number of guanidine groups is 1. The van der Waals surface area contributed by atoms with Gasteiger partial charge in [-0.3, -0.25) is 9.79 Å². The first-order valence-corrected chi connectivity index (χ1v) is 8.61. The van der Waals surface area contributed by atoms with Crippen molar-refractivity contribution in [2.75, 3.05) is 26.7 Å². The molecule has 27 heavy (non-hydrogen) atoms. The van der Waals surface area contributed by atoms with Gasteiger partial charge < -0.3 is 31.2 Å². The van der Waals surface area contributed by atoms with Crippen molar-refractivity contribution in [3.8, 4) is 5.75 Å². The van der Waals surface area contributed by atoms with Gasteiger partial charge in [0.25, 0.3) is 5.91 Å². The highest BCUT2D eigenvalue weighted by atomic mass is 16.6. The predicted molar refractivity (Wildman–Crippen MR) is 104 cm³/mol. The Labute approximate surface area is 159 Å². The maximum Gasteiger partial charge on any atom is 0.407 e. The summed E-state index contributed by atoms with van der Waals surface area (Å²) < 4.78 is 10.4. The summed E-state index contributed by atoms with van der Waals surface area (Å²) in [7, 11) is 1.66. The lowest BCUT2D eigenvalue weighted by molar-refractivity contribution is -0.119. The standard InChI is InChI=1S/C18H29N5O4/c1-18(2,3)27-17(25)22-9-8-21-16(20-4)23-11-13-6-5-7-14(10-13)26-12-15(19)24/h5-7,10H,8-9,11-12H2,1-4H3,(H2,19,24)(H,22,25)(H2,20,21,23). The van der Waals surface area contributed by atoms with E-state index in [4.69, 9.17) is 15.2 Å². The third-order valence-electron chi connectivity index (χ3n) is 3.05. The second-order valence-corrected chi connectivity index (χ2v) is 6.68. The summed E-state index contributed by atoms with van der Waals surface area (Å²) in [6, 6.07) is 7.31. The predicted octanol–water partition coefficient (Wildman–Crippen LogP) is 0.740. The number of hydrogen-bond acceptors (Lipinski definition) is 5. The Bertz CT molecular complexity index is 655. The van der Waals surface area contributed by atoms with Crippen LogP contribution in [-0.4, -0.2) is 50.3 Å². The van der Waals surface area contributed by atoms with Gasteiger partial charge in [-0.15, -0.1) is 0 Å². The fourth-order valence-electron chi connectivity index (χ4n) is 1.97. The van der Waals surface area contributed by atoms with Crippen molar-refractivity contribution in [3.63, 3.8) is 0 Å². The van der Waals surface area contributed by atoms with Crippen LogP contribution in [0.4, 0.5) is 4.79 Å². The smallest absolute Gasteiger partial charge is 0.407 e. The van der Waals surface area contributed by atoms with Gasteiger partial charge in [0.05, 0.1) is 0 Å². The average Bonchev–Trinajstić information content (AvgIpc) is 2.58. The zero-order chi connectivity index (χ0) is 20.3. The van der Waals surface area contributed by atoms with Crippen LogP contribution in [-0.2, 0) is 16.1 Å². The molecule has 9 heteroatoms. The molecule has 0 saturated carbocycles. The Morgan fingerprint density at radius 1 is 1.15 bits per heavy atom. The highest BCUT2D eigenvalue weighted by Gasteiger charge is 2.15. The number of carbonyl (C=O) groups is 2. The number of amides is 2. The van der Waals surface area contributed by atoms with E-state index in [2.05, 4.69) is 20.9 Å². The van der Waals surface area contributed by atoms with Crippen LogP contribution in [0.5, 0.6) is 5.75 Å². The van der Waals surface area contributed by atoms with Crippen molar-refractivity contribution in [1.82, 2.24) is 16.0 Å². The van der Waals surface area contributed by atoms with Gasteiger partial charge in [-0.25, -0.2) is 4.79 Å². The average molecular weight is 379 g/mol. The summed E-state index contributed by atoms with van der Waals surface area (Å²) in [5.41, 5.74) is 5.49. The van der Waals surface area contributed by atoms with Crippen LogP contribution in [0.3, 0.4) is 0 Å². The molecule has 0 aromatic heterocycles. The minimum absolute atomic E-state index is 0.162. The second-order valence-electron chi connectivity index (χ2n) is 6.68. The van der Waals surface area contributed by atoms with E-state index in [-0.39, 0.29) is 6.61 Å². The number of ether oxygens (including phenoxy) is 2. The molecule has 5 N–H and O–H groups in total. The van der Waals surface area contributed by atoms with Gasteiger partial charge in [-0.05, 0) is 38.5 Å². The number of rotatable bonds is 8. The van der Waals surface area contributed by atoms with E-state index >= 15 is 0 Å². The lowest BCUT2D eigenvalue weighted by Gasteiger charge is -2.20. The van der Waals surface area contributed by atoms with Gasteiger partial charge in [0, 0.05) is 26.7 Å². The normalized spacial score (nSPS) is 11.5. The van der Waals surface area contributed by atoms with Crippen molar-refractivity contribution < 1.29 is 19.1 Å². The van der Waals surface area contributed by atoms with Gasteiger partial charge in [0.2, 0.25) is 0 Å². The Morgan fingerprint density at radius 3 is 2.48 bits per heavy atom. The largest absolute Gasteiger partial charge is 0.484 e. The molecule has 0 unspecified atom stereocenters. The van der Waals surface area contributed by atoms with E-state index in [0.29, 0.717) is 31.3 Å². The number of primary amides is 1. The fraction of sp³-hybridized carbons (Fsp3) is 0.500. The first-order valence-electron chi connectivity index (χ1n) is 8.61. The topological polar surface area (TPSA) is 127 Å². The highest BCUT2D eigenvalue weighted by molar-refractivity contribution is 5.79. The number of hydrogen-bond donors (Lipinski definition) is 4. The maximum absolute atomic E-state index is 11.6. The molecule has 0 aliphatic heterocycles. The molecular formula is C18H29N5O4. The molecule has 0 atom stereocenters. The zero-order valence-corrected chi connectivity index (χ0v) is 16.3. The summed E-state index contributed by atoms with van der Waals surface area (Å²) >= 11 is 0. The summed E-state index contributed by atoms with van der Waals surface area (Å²) in [6.45, 7) is 6.66. The number of aliphatic imine (C=N–C) groups is 1. The Morgan fingerprint density at radius 2 is 1.85 bits per heavy atom. The van der Waals surface area contributed by atoms with Gasteiger partial charge in [-0.2, -0.15) is 0 Å². The van der Waals surface area contributed by atoms with E-state index in [0.717, 1.165) is 5.56 Å². The van der Waals surface area contributed by atoms with Crippen molar-refractivity contribution in [2.45, 2.75) is 32.9 Å². The summed E-state index contributed by atoms with van der Waals surface area (Å²) in [5, 5.41) is 8.90. The SMILES string of the molecule is CN=C(NCCNC(=O)OC(C)(C)C)NCc1cccc(OCC(N)=O)c1. The van der Waals surface area contributed by atoms with Crippen LogP contribution in [0.25, 0.3) is 0 Å². The second kappa shape index (κ2) is 10.9. The number of nitrogens with zero attached hydrogens (tertiary/aromatic N) is 1. The first-order chi connectivity index (χ1) is 12.7. The minimum atomic E-state index is -0.525. The highest BCUT2D eigenvalue weighted by Crippen LogP contribution is 2.13. The van der Waals surface area contributed by atoms with E-state index in [1.807, 2.05) is 39.0 Å². The molecule has 0 aliphatic rings. The lowest BCUT2D eigenvalue weighted by atomic mass is 10.2. The van der Waals surface area contributed by atoms with Gasteiger partial charge in [0.15, 0.2) is 12.6 Å². The Hall–Kier alpha value is -2.97. The summed E-state index contributed by atoms with van der Waals surface area (Å²) in [5.74, 6) is 0.630. The van der Waals surface area contributed by atoms with E-state index in [1.165, 1.54) is 0 Å². The summed E-state index contributed by atoms with van der Waals surface area (Å²) in [4.78, 5) is 26.5. The molecule has 0 saturated heterocycles. The number of nitrogens with two attached hydrogens (primary N) is 1. The van der Waals surface area contributed by atoms with Crippen molar-refractivity contribution in [2.24, 2.45) is 10.7 Å². The molecule has 2 amide bonds. The van der Waals surface area contributed by atoms with Crippen LogP contribution >= 0.6 is 0 Å². The van der Waals surface area contributed by atoms with Crippen LogP contribution in [0.2, 0.25) is 0 Å². The van der Waals surface area contributed by atoms with E-state index in [9.17, 15) is 9.59 Å². The molecule has 150 valence electrons. The molecule has 1 rings (SSSR count). The van der Waals surface area contributed by atoms with Crippen LogP contribution in [0.15, 0.2) is 29.3 Å². The number of carbonyl (C=O) groups excluding carboxylic acids is 2. The molecule has 9 nitrogen and oxygen atoms in total. The molecule has 0 heterocycles. The maximum atomic E-state index is 11.6. The monoisotopic (exact) mass is 379 g/mol. The third-order valence-corrected chi connectivity index (χ3v) is 3.05. The molecular weight excluding hydrogens is 350 g/mol. The molecule has 0 aliphatic carbocycles. The van der Waals surface area contributed by atoms with Gasteiger partial charge in [-0.1, -0.05) is 12.1 Å². The van der Waals surface area contributed by atoms with Crippen molar-refractivity contribution in [3.05, 3.63) is 29.8 Å². The Kier molecular flexibility index (Phi) is 8.91. The Balaban J connectivity index is 2.35. The zero-order valence-electron chi connectivity index (χ0n) is 16.3. The molecule has 1 aromatic carbocycles. The quantitative estimate of drug-likeness (QED) is 0.300. The van der Waals surface area contributed by atoms with Crippen LogP contribution in [0.1, 0.15) is 26.3 Å². The minimum Gasteiger partial charge on any atom is -0.484 e. The fourth-order valence-corrected chi connectivity index (χ4v) is 1.97. The van der Waals surface area contributed by atoms with Crippen LogP contribution < -0.4 is 26.4 Å². The molecule has 0 radical (unpaired) electrons. The van der Waals surface area contributed by atoms with Crippen LogP contribution in [0, 0.1) is 0 Å². The first kappa shape index (κ1) is 22.1. The van der Waals surface area contributed by atoms with E-state index in [1.54, 1.807) is 13.1 Å². The number of benzene rings is 1. The molecule has 0 fully saturated rings. The number of nitrogens with one attached hydrogen (secondary N) is 3. The molecule has 1 aromatic rings. The summed E-state index contributed by atoms with van der Waals surface area (Å²) in [6.07, 6.45) is -0.458. The van der Waals surface area contributed by atoms with Gasteiger partial charge >= 0.3 is 6.09 Å².